The van der Waals surface area contributed by atoms with Crippen molar-refractivity contribution in [3.8, 4) is 17.2 Å². The normalized spacial score (nSPS) is 15.5. The maximum absolute atomic E-state index is 13.2. The van der Waals surface area contributed by atoms with Crippen LogP contribution >= 0.6 is 11.3 Å². The molecule has 2 heterocycles. The van der Waals surface area contributed by atoms with Crippen molar-refractivity contribution in [2.24, 2.45) is 0 Å². The fraction of sp³-hybridized carbons (Fsp3) is 0.565. The molecule has 0 atom stereocenters. The summed E-state index contributed by atoms with van der Waals surface area (Å²) in [6.07, 6.45) is 0.923. The molecule has 1 aliphatic rings. The monoisotopic (exact) mass is 447 g/mol. The van der Waals surface area contributed by atoms with Crippen LogP contribution in [0, 0.1) is 0 Å². The van der Waals surface area contributed by atoms with E-state index in [4.69, 9.17) is 19.2 Å². The summed E-state index contributed by atoms with van der Waals surface area (Å²) in [4.78, 5) is 22.3. The molecule has 0 unspecified atom stereocenters. The molecule has 3 rings (SSSR count). The molecule has 1 fully saturated rings. The average molecular weight is 448 g/mol. The number of hydrogen-bond donors (Lipinski definition) is 0. The fourth-order valence-corrected chi connectivity index (χ4v) is 4.57. The molecule has 1 saturated heterocycles. The first-order valence-electron chi connectivity index (χ1n) is 10.5. The van der Waals surface area contributed by atoms with Crippen LogP contribution in [0.1, 0.15) is 48.3 Å². The van der Waals surface area contributed by atoms with E-state index in [9.17, 15) is 4.79 Å². The van der Waals surface area contributed by atoms with E-state index in [2.05, 4.69) is 31.1 Å². The summed E-state index contributed by atoms with van der Waals surface area (Å²) < 4.78 is 16.2. The lowest BCUT2D eigenvalue weighted by Gasteiger charge is -2.22. The van der Waals surface area contributed by atoms with E-state index in [1.807, 2.05) is 4.90 Å². The van der Waals surface area contributed by atoms with Gasteiger partial charge in [-0.25, -0.2) is 4.98 Å². The average Bonchev–Trinajstić information content (AvgIpc) is 3.11. The van der Waals surface area contributed by atoms with Crippen molar-refractivity contribution in [1.29, 1.82) is 0 Å². The number of benzene rings is 1. The first-order valence-corrected chi connectivity index (χ1v) is 11.4. The minimum absolute atomic E-state index is 0.0234. The molecule has 2 aromatic rings. The zero-order valence-corrected chi connectivity index (χ0v) is 20.2. The van der Waals surface area contributed by atoms with E-state index in [0.717, 1.165) is 43.3 Å². The number of carbonyl (C=O) groups is 1. The summed E-state index contributed by atoms with van der Waals surface area (Å²) in [5.74, 6) is 1.44. The van der Waals surface area contributed by atoms with Gasteiger partial charge in [0.25, 0.3) is 5.91 Å². The van der Waals surface area contributed by atoms with Gasteiger partial charge in [-0.2, -0.15) is 0 Å². The van der Waals surface area contributed by atoms with Gasteiger partial charge < -0.3 is 19.1 Å². The van der Waals surface area contributed by atoms with Crippen molar-refractivity contribution in [2.75, 3.05) is 47.5 Å². The molecule has 0 spiro atoms. The molecule has 0 saturated carbocycles. The van der Waals surface area contributed by atoms with Crippen LogP contribution in [0.25, 0.3) is 0 Å². The SMILES string of the molecule is COc1cc(C(=O)N2CCCN(Cc3csc(C(C)(C)C)n3)CC2)cc(OC)c1OC. The van der Waals surface area contributed by atoms with Crippen molar-refractivity contribution in [3.63, 3.8) is 0 Å². The molecule has 0 aliphatic carbocycles. The molecular formula is C23H33N3O4S. The van der Waals surface area contributed by atoms with E-state index < -0.39 is 0 Å². The minimum atomic E-state index is -0.0234. The summed E-state index contributed by atoms with van der Waals surface area (Å²) >= 11 is 1.73. The van der Waals surface area contributed by atoms with Gasteiger partial charge in [0.05, 0.1) is 32.0 Å². The zero-order chi connectivity index (χ0) is 22.6. The molecule has 0 bridgehead atoms. The van der Waals surface area contributed by atoms with Crippen molar-refractivity contribution >= 4 is 17.2 Å². The Hall–Kier alpha value is -2.32. The fourth-order valence-electron chi connectivity index (χ4n) is 3.67. The van der Waals surface area contributed by atoms with Gasteiger partial charge in [-0.15, -0.1) is 11.3 Å². The number of ether oxygens (including phenoxy) is 3. The second-order valence-electron chi connectivity index (χ2n) is 8.73. The Morgan fingerprint density at radius 2 is 1.71 bits per heavy atom. The van der Waals surface area contributed by atoms with Gasteiger partial charge in [-0.05, 0) is 18.6 Å². The Morgan fingerprint density at radius 1 is 1.03 bits per heavy atom. The highest BCUT2D eigenvalue weighted by Gasteiger charge is 2.24. The van der Waals surface area contributed by atoms with Crippen LogP contribution in [0.2, 0.25) is 0 Å². The van der Waals surface area contributed by atoms with Gasteiger partial charge in [0, 0.05) is 49.1 Å². The molecule has 8 heteroatoms. The summed E-state index contributed by atoms with van der Waals surface area (Å²) in [6.45, 7) is 10.5. The maximum atomic E-state index is 13.2. The number of rotatable bonds is 6. The van der Waals surface area contributed by atoms with Gasteiger partial charge in [-0.3, -0.25) is 9.69 Å². The van der Waals surface area contributed by atoms with Gasteiger partial charge >= 0.3 is 0 Å². The van der Waals surface area contributed by atoms with E-state index in [-0.39, 0.29) is 11.3 Å². The number of nitrogens with zero attached hydrogens (tertiary/aromatic N) is 3. The van der Waals surface area contributed by atoms with Crippen LogP contribution in [-0.4, -0.2) is 68.2 Å². The number of hydrogen-bond acceptors (Lipinski definition) is 7. The van der Waals surface area contributed by atoms with Crippen LogP contribution in [0.4, 0.5) is 0 Å². The highest BCUT2D eigenvalue weighted by molar-refractivity contribution is 7.09. The molecule has 1 aromatic carbocycles. The summed E-state index contributed by atoms with van der Waals surface area (Å²) in [7, 11) is 4.66. The lowest BCUT2D eigenvalue weighted by atomic mass is 9.98. The Kier molecular flexibility index (Phi) is 7.43. The molecule has 7 nitrogen and oxygen atoms in total. The summed E-state index contributed by atoms with van der Waals surface area (Å²) in [6, 6.07) is 3.44. The third kappa shape index (κ3) is 5.49. The molecule has 0 radical (unpaired) electrons. The third-order valence-corrected chi connectivity index (χ3v) is 6.68. The van der Waals surface area contributed by atoms with Gasteiger partial charge in [-0.1, -0.05) is 20.8 Å². The van der Waals surface area contributed by atoms with Crippen molar-refractivity contribution in [1.82, 2.24) is 14.8 Å². The third-order valence-electron chi connectivity index (χ3n) is 5.37. The van der Waals surface area contributed by atoms with Crippen LogP contribution in [0.15, 0.2) is 17.5 Å². The van der Waals surface area contributed by atoms with E-state index in [1.54, 1.807) is 44.8 Å². The number of methoxy groups -OCH3 is 3. The molecule has 1 aliphatic heterocycles. The van der Waals surface area contributed by atoms with Crippen molar-refractivity contribution < 1.29 is 19.0 Å². The Morgan fingerprint density at radius 3 is 2.26 bits per heavy atom. The standard InChI is InChI=1S/C23H33N3O4S/c1-23(2,3)22-24-17(15-31-22)14-25-8-7-9-26(11-10-25)21(27)16-12-18(28-4)20(30-6)19(13-16)29-5/h12-13,15H,7-11,14H2,1-6H3. The largest absolute Gasteiger partial charge is 0.493 e. The number of amides is 1. The molecule has 31 heavy (non-hydrogen) atoms. The second-order valence-corrected chi connectivity index (χ2v) is 9.59. The lowest BCUT2D eigenvalue weighted by Crippen LogP contribution is -2.35. The van der Waals surface area contributed by atoms with Gasteiger partial charge in [0.15, 0.2) is 11.5 Å². The molecule has 0 N–H and O–H groups in total. The molecule has 1 amide bonds. The van der Waals surface area contributed by atoms with Crippen LogP contribution in [0.5, 0.6) is 17.2 Å². The lowest BCUT2D eigenvalue weighted by molar-refractivity contribution is 0.0760. The zero-order valence-electron chi connectivity index (χ0n) is 19.4. The van der Waals surface area contributed by atoms with E-state index >= 15 is 0 Å². The Labute approximate surface area is 188 Å². The number of aromatic nitrogens is 1. The van der Waals surface area contributed by atoms with E-state index in [1.165, 1.54) is 0 Å². The predicted octanol–water partition coefficient (Wildman–Crippen LogP) is 3.81. The maximum Gasteiger partial charge on any atom is 0.254 e. The minimum Gasteiger partial charge on any atom is -0.493 e. The van der Waals surface area contributed by atoms with E-state index in [0.29, 0.717) is 29.4 Å². The molecular weight excluding hydrogens is 414 g/mol. The quantitative estimate of drug-likeness (QED) is 0.671. The Balaban J connectivity index is 1.68. The molecule has 1 aromatic heterocycles. The molecule has 170 valence electrons. The van der Waals surface area contributed by atoms with Gasteiger partial charge in [0.1, 0.15) is 0 Å². The smallest absolute Gasteiger partial charge is 0.254 e. The predicted molar refractivity (Wildman–Crippen MR) is 123 cm³/mol. The van der Waals surface area contributed by atoms with Gasteiger partial charge in [0.2, 0.25) is 5.75 Å². The van der Waals surface area contributed by atoms with Crippen molar-refractivity contribution in [2.45, 2.75) is 39.2 Å². The van der Waals surface area contributed by atoms with Crippen LogP contribution in [-0.2, 0) is 12.0 Å². The van der Waals surface area contributed by atoms with Crippen LogP contribution in [0.3, 0.4) is 0 Å². The summed E-state index contributed by atoms with van der Waals surface area (Å²) in [5, 5.41) is 3.32. The first kappa shape index (κ1) is 23.3. The van der Waals surface area contributed by atoms with Crippen molar-refractivity contribution in [3.05, 3.63) is 33.8 Å². The summed E-state index contributed by atoms with van der Waals surface area (Å²) in [5.41, 5.74) is 1.72. The number of thiazole rings is 1. The second kappa shape index (κ2) is 9.87. The first-order chi connectivity index (χ1) is 14.8. The highest BCUT2D eigenvalue weighted by Crippen LogP contribution is 2.38. The topological polar surface area (TPSA) is 64.1 Å². The highest BCUT2D eigenvalue weighted by atomic mass is 32.1. The number of carbonyl (C=O) groups excluding carboxylic acids is 1. The Bertz CT molecular complexity index is 881. The van der Waals surface area contributed by atoms with Crippen LogP contribution < -0.4 is 14.2 Å².